The fraction of sp³-hybridized carbons (Fsp3) is 1.00. The van der Waals surface area contributed by atoms with E-state index in [-0.39, 0.29) is 0 Å². The summed E-state index contributed by atoms with van der Waals surface area (Å²) in [5.74, 6) is 0.713. The van der Waals surface area contributed by atoms with Crippen LogP contribution in [0.4, 0.5) is 0 Å². The molecule has 3 heteroatoms. The largest absolute Gasteiger partial charge is 0.377 e. The predicted octanol–water partition coefficient (Wildman–Crippen LogP) is 2.50. The van der Waals surface area contributed by atoms with Gasteiger partial charge >= 0.3 is 0 Å². The molecule has 0 amide bonds. The van der Waals surface area contributed by atoms with Crippen LogP contribution in [-0.4, -0.2) is 42.6 Å². The SMILES string of the molecule is CC(C)N(CCCl)CC1CCCCO1. The molecule has 0 bridgehead atoms. The van der Waals surface area contributed by atoms with Crippen LogP contribution in [0.3, 0.4) is 0 Å². The van der Waals surface area contributed by atoms with Crippen molar-refractivity contribution in [2.75, 3.05) is 25.6 Å². The van der Waals surface area contributed by atoms with Gasteiger partial charge in [-0.05, 0) is 33.1 Å². The Morgan fingerprint density at radius 3 is 2.71 bits per heavy atom. The average Bonchev–Trinajstić information content (AvgIpc) is 2.18. The monoisotopic (exact) mass is 219 g/mol. The van der Waals surface area contributed by atoms with Gasteiger partial charge in [-0.1, -0.05) is 0 Å². The average molecular weight is 220 g/mol. The Hall–Kier alpha value is 0.210. The third-order valence-electron chi connectivity index (χ3n) is 2.81. The van der Waals surface area contributed by atoms with Crippen molar-refractivity contribution in [3.63, 3.8) is 0 Å². The second kappa shape index (κ2) is 6.65. The number of ether oxygens (including phenoxy) is 1. The Labute approximate surface area is 92.6 Å². The standard InChI is InChI=1S/C11H22ClNO/c1-10(2)13(7-6-12)9-11-5-3-4-8-14-11/h10-11H,3-9H2,1-2H3. The molecule has 1 aliphatic heterocycles. The van der Waals surface area contributed by atoms with Gasteiger partial charge in [-0.3, -0.25) is 4.90 Å². The smallest absolute Gasteiger partial charge is 0.0702 e. The molecule has 0 saturated carbocycles. The summed E-state index contributed by atoms with van der Waals surface area (Å²) in [6, 6.07) is 0.569. The van der Waals surface area contributed by atoms with E-state index >= 15 is 0 Å². The maximum Gasteiger partial charge on any atom is 0.0702 e. The van der Waals surface area contributed by atoms with E-state index < -0.39 is 0 Å². The van der Waals surface area contributed by atoms with Gasteiger partial charge in [-0.25, -0.2) is 0 Å². The summed E-state index contributed by atoms with van der Waals surface area (Å²) in [6.07, 6.45) is 4.20. The first-order valence-electron chi connectivity index (χ1n) is 5.65. The minimum absolute atomic E-state index is 0.439. The van der Waals surface area contributed by atoms with Crippen LogP contribution in [0.1, 0.15) is 33.1 Å². The molecular formula is C11H22ClNO. The topological polar surface area (TPSA) is 12.5 Å². The molecule has 1 unspecified atom stereocenters. The first kappa shape index (κ1) is 12.3. The third kappa shape index (κ3) is 4.16. The van der Waals surface area contributed by atoms with Crippen molar-refractivity contribution < 1.29 is 4.74 Å². The second-order valence-electron chi connectivity index (χ2n) is 4.27. The highest BCUT2D eigenvalue weighted by Gasteiger charge is 2.18. The molecule has 1 atom stereocenters. The fourth-order valence-corrected chi connectivity index (χ4v) is 2.10. The molecule has 84 valence electrons. The quantitative estimate of drug-likeness (QED) is 0.659. The Morgan fingerprint density at radius 2 is 2.21 bits per heavy atom. The van der Waals surface area contributed by atoms with Gasteiger partial charge in [0.15, 0.2) is 0 Å². The Kier molecular flexibility index (Phi) is 5.83. The van der Waals surface area contributed by atoms with Gasteiger partial charge in [-0.15, -0.1) is 11.6 Å². The van der Waals surface area contributed by atoms with Crippen molar-refractivity contribution in [2.45, 2.75) is 45.3 Å². The summed E-state index contributed by atoms with van der Waals surface area (Å²) in [5, 5.41) is 0. The van der Waals surface area contributed by atoms with Gasteiger partial charge in [0.1, 0.15) is 0 Å². The lowest BCUT2D eigenvalue weighted by atomic mass is 10.1. The van der Waals surface area contributed by atoms with Gasteiger partial charge in [-0.2, -0.15) is 0 Å². The molecule has 0 aromatic rings. The maximum atomic E-state index is 5.78. The van der Waals surface area contributed by atoms with E-state index in [4.69, 9.17) is 16.3 Å². The zero-order chi connectivity index (χ0) is 10.4. The van der Waals surface area contributed by atoms with Crippen LogP contribution in [0.25, 0.3) is 0 Å². The Balaban J connectivity index is 2.29. The first-order chi connectivity index (χ1) is 6.74. The lowest BCUT2D eigenvalue weighted by molar-refractivity contribution is -0.00987. The van der Waals surface area contributed by atoms with E-state index in [1.165, 1.54) is 19.3 Å². The molecule has 1 aliphatic rings. The molecule has 0 spiro atoms. The fourth-order valence-electron chi connectivity index (χ4n) is 1.88. The van der Waals surface area contributed by atoms with Crippen molar-refractivity contribution in [1.82, 2.24) is 4.90 Å². The number of rotatable bonds is 5. The van der Waals surface area contributed by atoms with Crippen molar-refractivity contribution in [2.24, 2.45) is 0 Å². The highest BCUT2D eigenvalue weighted by Crippen LogP contribution is 2.14. The van der Waals surface area contributed by atoms with E-state index in [2.05, 4.69) is 18.7 Å². The lowest BCUT2D eigenvalue weighted by Gasteiger charge is -2.31. The van der Waals surface area contributed by atoms with E-state index in [9.17, 15) is 0 Å². The van der Waals surface area contributed by atoms with E-state index in [1.807, 2.05) is 0 Å². The molecule has 1 saturated heterocycles. The molecular weight excluding hydrogens is 198 g/mol. The van der Waals surface area contributed by atoms with Gasteiger partial charge in [0.25, 0.3) is 0 Å². The Morgan fingerprint density at radius 1 is 1.43 bits per heavy atom. The Bertz CT molecular complexity index is 146. The molecule has 0 aromatic heterocycles. The van der Waals surface area contributed by atoms with Gasteiger partial charge in [0.05, 0.1) is 6.10 Å². The molecule has 1 rings (SSSR count). The number of nitrogens with zero attached hydrogens (tertiary/aromatic N) is 1. The zero-order valence-electron chi connectivity index (χ0n) is 9.34. The van der Waals surface area contributed by atoms with Crippen molar-refractivity contribution in [3.8, 4) is 0 Å². The number of hydrogen-bond acceptors (Lipinski definition) is 2. The summed E-state index contributed by atoms with van der Waals surface area (Å²) in [4.78, 5) is 2.41. The van der Waals surface area contributed by atoms with E-state index in [1.54, 1.807) is 0 Å². The third-order valence-corrected chi connectivity index (χ3v) is 2.98. The van der Waals surface area contributed by atoms with Crippen LogP contribution in [0, 0.1) is 0 Å². The van der Waals surface area contributed by atoms with Crippen LogP contribution in [-0.2, 0) is 4.74 Å². The molecule has 0 N–H and O–H groups in total. The van der Waals surface area contributed by atoms with Crippen LogP contribution >= 0.6 is 11.6 Å². The summed E-state index contributed by atoms with van der Waals surface area (Å²) < 4.78 is 5.72. The molecule has 0 radical (unpaired) electrons. The predicted molar refractivity (Wildman–Crippen MR) is 61.0 cm³/mol. The van der Waals surface area contributed by atoms with E-state index in [0.717, 1.165) is 19.7 Å². The van der Waals surface area contributed by atoms with Gasteiger partial charge < -0.3 is 4.74 Å². The molecule has 1 heterocycles. The van der Waals surface area contributed by atoms with Crippen molar-refractivity contribution in [3.05, 3.63) is 0 Å². The van der Waals surface area contributed by atoms with Crippen LogP contribution in [0.5, 0.6) is 0 Å². The minimum Gasteiger partial charge on any atom is -0.377 e. The second-order valence-corrected chi connectivity index (χ2v) is 4.64. The maximum absolute atomic E-state index is 5.78. The van der Waals surface area contributed by atoms with Crippen LogP contribution in [0.15, 0.2) is 0 Å². The summed E-state index contributed by atoms with van der Waals surface area (Å²) >= 11 is 5.78. The lowest BCUT2D eigenvalue weighted by Crippen LogP contribution is -2.40. The summed E-state index contributed by atoms with van der Waals surface area (Å²) in [6.45, 7) is 7.39. The summed E-state index contributed by atoms with van der Waals surface area (Å²) in [5.41, 5.74) is 0. The number of alkyl halides is 1. The zero-order valence-corrected chi connectivity index (χ0v) is 10.1. The summed E-state index contributed by atoms with van der Waals surface area (Å²) in [7, 11) is 0. The minimum atomic E-state index is 0.439. The van der Waals surface area contributed by atoms with Crippen LogP contribution in [0.2, 0.25) is 0 Å². The van der Waals surface area contributed by atoms with E-state index in [0.29, 0.717) is 18.0 Å². The molecule has 0 aromatic carbocycles. The van der Waals surface area contributed by atoms with Crippen molar-refractivity contribution >= 4 is 11.6 Å². The first-order valence-corrected chi connectivity index (χ1v) is 6.19. The molecule has 0 aliphatic carbocycles. The number of hydrogen-bond donors (Lipinski definition) is 0. The molecule has 14 heavy (non-hydrogen) atoms. The molecule has 2 nitrogen and oxygen atoms in total. The van der Waals surface area contributed by atoms with Crippen LogP contribution < -0.4 is 0 Å². The van der Waals surface area contributed by atoms with Gasteiger partial charge in [0.2, 0.25) is 0 Å². The highest BCUT2D eigenvalue weighted by molar-refractivity contribution is 6.18. The normalized spacial score (nSPS) is 23.4. The van der Waals surface area contributed by atoms with Crippen molar-refractivity contribution in [1.29, 1.82) is 0 Å². The van der Waals surface area contributed by atoms with Gasteiger partial charge in [0, 0.05) is 31.6 Å². The number of halogens is 1. The molecule has 1 fully saturated rings. The highest BCUT2D eigenvalue weighted by atomic mass is 35.5.